The highest BCUT2D eigenvalue weighted by Crippen LogP contribution is 2.22. The molecule has 56 valence electrons. The van der Waals surface area contributed by atoms with Crippen LogP contribution in [0.3, 0.4) is 0 Å². The Morgan fingerprint density at radius 3 is 2.82 bits per heavy atom. The molecule has 0 spiro atoms. The fraction of sp³-hybridized carbons (Fsp3) is 0. The molecule has 0 aliphatic rings. The van der Waals surface area contributed by atoms with E-state index in [0.717, 1.165) is 9.22 Å². The van der Waals surface area contributed by atoms with E-state index in [1.807, 2.05) is 12.1 Å². The normalized spacial score (nSPS) is 10.7. The zero-order valence-corrected chi connectivity index (χ0v) is 9.75. The van der Waals surface area contributed by atoms with Crippen molar-refractivity contribution in [2.75, 3.05) is 0 Å². The summed E-state index contributed by atoms with van der Waals surface area (Å²) in [6, 6.07) is 6.14. The van der Waals surface area contributed by atoms with Crippen LogP contribution in [0.15, 0.2) is 18.2 Å². The van der Waals surface area contributed by atoms with Crippen LogP contribution in [0.1, 0.15) is 0 Å². The van der Waals surface area contributed by atoms with Gasteiger partial charge in [0, 0.05) is 8.96 Å². The highest BCUT2D eigenvalue weighted by molar-refractivity contribution is 14.1. The maximum absolute atomic E-state index is 4.11. The lowest BCUT2D eigenvalue weighted by Gasteiger charge is -1.91. The van der Waals surface area contributed by atoms with Gasteiger partial charge in [0.2, 0.25) is 0 Å². The zero-order valence-electron chi connectivity index (χ0n) is 5.44. The van der Waals surface area contributed by atoms with Crippen molar-refractivity contribution >= 4 is 56.1 Å². The summed E-state index contributed by atoms with van der Waals surface area (Å²) in [7, 11) is 0. The lowest BCUT2D eigenvalue weighted by Crippen LogP contribution is -1.74. The third-order valence-corrected chi connectivity index (χ3v) is 3.17. The molecule has 0 bridgehead atoms. The summed E-state index contributed by atoms with van der Waals surface area (Å²) in [5.74, 6) is 0. The number of hydrogen-bond donors (Lipinski definition) is 1. The summed E-state index contributed by atoms with van der Waals surface area (Å²) < 4.78 is 2.29. The topological polar surface area (TPSA) is 28.7 Å². The molecule has 0 atom stereocenters. The minimum Gasteiger partial charge on any atom is -0.277 e. The maximum Gasteiger partial charge on any atom is 0.132 e. The molecule has 2 aromatic rings. The van der Waals surface area contributed by atoms with Gasteiger partial charge in [0.15, 0.2) is 0 Å². The summed E-state index contributed by atoms with van der Waals surface area (Å²) >= 11 is 4.55. The highest BCUT2D eigenvalue weighted by atomic mass is 127. The van der Waals surface area contributed by atoms with Crippen LogP contribution in [0.25, 0.3) is 10.9 Å². The number of aromatic nitrogens is 2. The van der Waals surface area contributed by atoms with Crippen molar-refractivity contribution in [3.63, 3.8) is 0 Å². The predicted molar refractivity (Wildman–Crippen MR) is 61.5 cm³/mol. The van der Waals surface area contributed by atoms with E-state index in [1.54, 1.807) is 0 Å². The SMILES string of the molecule is Ic1cccc2[nH]nc(I)c12. The highest BCUT2D eigenvalue weighted by Gasteiger charge is 2.04. The lowest BCUT2D eigenvalue weighted by molar-refractivity contribution is 1.09. The fourth-order valence-corrected chi connectivity index (χ4v) is 2.96. The van der Waals surface area contributed by atoms with Gasteiger partial charge in [0.1, 0.15) is 3.70 Å². The Hall–Kier alpha value is 0.150. The van der Waals surface area contributed by atoms with E-state index in [9.17, 15) is 0 Å². The Bertz CT molecular complexity index is 394. The summed E-state index contributed by atoms with van der Waals surface area (Å²) in [4.78, 5) is 0. The number of fused-ring (bicyclic) bond motifs is 1. The first-order valence-corrected chi connectivity index (χ1v) is 5.23. The van der Waals surface area contributed by atoms with Gasteiger partial charge in [-0.2, -0.15) is 5.10 Å². The average Bonchev–Trinajstić information content (AvgIpc) is 2.34. The Kier molecular flexibility index (Phi) is 2.04. The standard InChI is InChI=1S/C7H4I2N2/c8-4-2-1-3-5-6(4)7(9)11-10-5/h1-3H,(H,10,11). The number of H-pyrrole nitrogens is 1. The van der Waals surface area contributed by atoms with Crippen molar-refractivity contribution in [1.82, 2.24) is 10.2 Å². The molecule has 1 N–H and O–H groups in total. The second kappa shape index (κ2) is 2.89. The van der Waals surface area contributed by atoms with Crippen molar-refractivity contribution in [3.05, 3.63) is 25.5 Å². The average molecular weight is 370 g/mol. The quantitative estimate of drug-likeness (QED) is 0.711. The number of nitrogens with zero attached hydrogens (tertiary/aromatic N) is 1. The molecule has 11 heavy (non-hydrogen) atoms. The van der Waals surface area contributed by atoms with E-state index < -0.39 is 0 Å². The molecule has 0 aliphatic carbocycles. The van der Waals surface area contributed by atoms with Crippen molar-refractivity contribution in [1.29, 1.82) is 0 Å². The first kappa shape index (κ1) is 7.78. The van der Waals surface area contributed by atoms with Crippen LogP contribution in [0.5, 0.6) is 0 Å². The summed E-state index contributed by atoms with van der Waals surface area (Å²) in [5, 5.41) is 8.31. The molecule has 2 nitrogen and oxygen atoms in total. The van der Waals surface area contributed by atoms with Gasteiger partial charge in [0.25, 0.3) is 0 Å². The number of hydrogen-bond acceptors (Lipinski definition) is 1. The Morgan fingerprint density at radius 1 is 1.27 bits per heavy atom. The third kappa shape index (κ3) is 1.26. The van der Waals surface area contributed by atoms with Crippen LogP contribution >= 0.6 is 45.2 Å². The van der Waals surface area contributed by atoms with E-state index in [2.05, 4.69) is 61.4 Å². The molecule has 1 heterocycles. The smallest absolute Gasteiger partial charge is 0.132 e. The molecule has 1 aromatic heterocycles. The number of aromatic amines is 1. The number of nitrogens with one attached hydrogen (secondary N) is 1. The number of benzene rings is 1. The van der Waals surface area contributed by atoms with E-state index in [1.165, 1.54) is 8.96 Å². The minimum absolute atomic E-state index is 1.04. The van der Waals surface area contributed by atoms with Gasteiger partial charge in [0.05, 0.1) is 5.52 Å². The Morgan fingerprint density at radius 2 is 2.09 bits per heavy atom. The molecule has 0 aliphatic heterocycles. The van der Waals surface area contributed by atoms with Gasteiger partial charge in [-0.25, -0.2) is 0 Å². The molecule has 0 radical (unpaired) electrons. The van der Waals surface area contributed by atoms with Crippen molar-refractivity contribution in [3.8, 4) is 0 Å². The summed E-state index contributed by atoms with van der Waals surface area (Å²) in [6.45, 7) is 0. The molecule has 0 saturated carbocycles. The van der Waals surface area contributed by atoms with E-state index in [0.29, 0.717) is 0 Å². The predicted octanol–water partition coefficient (Wildman–Crippen LogP) is 2.77. The van der Waals surface area contributed by atoms with E-state index in [4.69, 9.17) is 0 Å². The number of halogens is 2. The van der Waals surface area contributed by atoms with Crippen molar-refractivity contribution in [2.24, 2.45) is 0 Å². The first-order chi connectivity index (χ1) is 5.29. The molecule has 2 rings (SSSR count). The molecule has 0 fully saturated rings. The van der Waals surface area contributed by atoms with E-state index >= 15 is 0 Å². The van der Waals surface area contributed by atoms with Gasteiger partial charge in [-0.1, -0.05) is 6.07 Å². The zero-order chi connectivity index (χ0) is 7.84. The molecule has 0 saturated heterocycles. The van der Waals surface area contributed by atoms with Crippen LogP contribution in [-0.2, 0) is 0 Å². The Labute approximate surface area is 91.0 Å². The second-order valence-electron chi connectivity index (χ2n) is 2.18. The van der Waals surface area contributed by atoms with Crippen LogP contribution in [0.2, 0.25) is 0 Å². The fourth-order valence-electron chi connectivity index (χ4n) is 0.992. The van der Waals surface area contributed by atoms with Crippen LogP contribution < -0.4 is 0 Å². The Balaban J connectivity index is 2.96. The van der Waals surface area contributed by atoms with Gasteiger partial charge in [-0.3, -0.25) is 5.10 Å². The van der Waals surface area contributed by atoms with Gasteiger partial charge in [-0.05, 0) is 57.3 Å². The van der Waals surface area contributed by atoms with Gasteiger partial charge in [-0.15, -0.1) is 0 Å². The number of rotatable bonds is 0. The maximum atomic E-state index is 4.11. The van der Waals surface area contributed by atoms with Crippen LogP contribution in [0, 0.1) is 7.27 Å². The molecule has 0 amide bonds. The van der Waals surface area contributed by atoms with Crippen LogP contribution in [0.4, 0.5) is 0 Å². The lowest BCUT2D eigenvalue weighted by atomic mass is 10.3. The van der Waals surface area contributed by atoms with Gasteiger partial charge < -0.3 is 0 Å². The molecular weight excluding hydrogens is 366 g/mol. The van der Waals surface area contributed by atoms with Crippen molar-refractivity contribution in [2.45, 2.75) is 0 Å². The molecule has 0 unspecified atom stereocenters. The molecule has 4 heteroatoms. The molecule has 1 aromatic carbocycles. The largest absolute Gasteiger partial charge is 0.277 e. The van der Waals surface area contributed by atoms with Gasteiger partial charge >= 0.3 is 0 Å². The van der Waals surface area contributed by atoms with Crippen LogP contribution in [-0.4, -0.2) is 10.2 Å². The second-order valence-corrected chi connectivity index (χ2v) is 4.36. The van der Waals surface area contributed by atoms with E-state index in [-0.39, 0.29) is 0 Å². The first-order valence-electron chi connectivity index (χ1n) is 3.07. The third-order valence-electron chi connectivity index (χ3n) is 1.49. The molecular formula is C7H4I2N2. The minimum atomic E-state index is 1.04. The summed E-state index contributed by atoms with van der Waals surface area (Å²) in [5.41, 5.74) is 1.11. The summed E-state index contributed by atoms with van der Waals surface area (Å²) in [6.07, 6.45) is 0. The van der Waals surface area contributed by atoms with Crippen molar-refractivity contribution < 1.29 is 0 Å². The monoisotopic (exact) mass is 370 g/mol.